The van der Waals surface area contributed by atoms with E-state index in [1.165, 1.54) is 5.56 Å². The number of imide groups is 1. The normalized spacial score (nSPS) is 31.9. The van der Waals surface area contributed by atoms with Gasteiger partial charge in [-0.05, 0) is 35.3 Å². The summed E-state index contributed by atoms with van der Waals surface area (Å²) < 4.78 is 0. The Morgan fingerprint density at radius 1 is 1.04 bits per heavy atom. The Kier molecular flexibility index (Phi) is 3.22. The van der Waals surface area contributed by atoms with Crippen molar-refractivity contribution in [1.29, 1.82) is 0 Å². The predicted molar refractivity (Wildman–Crippen MR) is 87.7 cm³/mol. The lowest BCUT2D eigenvalue weighted by molar-refractivity contribution is -0.140. The Balaban J connectivity index is 1.53. The Morgan fingerprint density at radius 3 is 2.13 bits per heavy atom. The maximum absolute atomic E-state index is 12.5. The topological polar surface area (TPSA) is 49.7 Å². The van der Waals surface area contributed by atoms with Crippen molar-refractivity contribution in [3.8, 4) is 0 Å². The van der Waals surface area contributed by atoms with Gasteiger partial charge in [0, 0.05) is 0 Å². The quantitative estimate of drug-likeness (QED) is 0.490. The Labute approximate surface area is 135 Å². The summed E-state index contributed by atoms with van der Waals surface area (Å²) in [6.45, 7) is 4.29. The van der Waals surface area contributed by atoms with Crippen LogP contribution in [-0.4, -0.2) is 23.0 Å². The van der Waals surface area contributed by atoms with Gasteiger partial charge in [0.05, 0.1) is 18.1 Å². The maximum Gasteiger partial charge on any atom is 0.254 e. The van der Waals surface area contributed by atoms with E-state index in [1.54, 1.807) is 6.21 Å². The van der Waals surface area contributed by atoms with Gasteiger partial charge in [0.15, 0.2) is 0 Å². The van der Waals surface area contributed by atoms with Gasteiger partial charge in [-0.2, -0.15) is 10.1 Å². The van der Waals surface area contributed by atoms with Crippen molar-refractivity contribution >= 4 is 18.0 Å². The molecule has 4 heteroatoms. The van der Waals surface area contributed by atoms with Gasteiger partial charge in [0.25, 0.3) is 11.8 Å². The van der Waals surface area contributed by atoms with E-state index >= 15 is 0 Å². The van der Waals surface area contributed by atoms with Gasteiger partial charge in [-0.1, -0.05) is 50.3 Å². The molecule has 1 heterocycles. The van der Waals surface area contributed by atoms with E-state index in [2.05, 4.69) is 43.2 Å². The number of nitrogens with zero attached hydrogens (tertiary/aromatic N) is 2. The summed E-state index contributed by atoms with van der Waals surface area (Å²) in [7, 11) is 0. The molecule has 2 bridgehead atoms. The molecule has 1 aromatic rings. The van der Waals surface area contributed by atoms with Crippen LogP contribution in [0.1, 0.15) is 37.3 Å². The summed E-state index contributed by atoms with van der Waals surface area (Å²) >= 11 is 0. The third-order valence-corrected chi connectivity index (χ3v) is 5.37. The summed E-state index contributed by atoms with van der Waals surface area (Å²) in [4.78, 5) is 25.0. The number of hydrogen-bond acceptors (Lipinski definition) is 3. The van der Waals surface area contributed by atoms with Gasteiger partial charge in [-0.25, -0.2) is 0 Å². The molecule has 3 aliphatic rings. The zero-order valence-corrected chi connectivity index (χ0v) is 13.3. The molecule has 118 valence electrons. The van der Waals surface area contributed by atoms with E-state index in [4.69, 9.17) is 0 Å². The molecule has 0 unspecified atom stereocenters. The fraction of sp³-hybridized carbons (Fsp3) is 0.421. The molecular formula is C19H20N2O2. The van der Waals surface area contributed by atoms with Crippen LogP contribution >= 0.6 is 0 Å². The molecule has 0 radical (unpaired) electrons. The monoisotopic (exact) mass is 308 g/mol. The van der Waals surface area contributed by atoms with Crippen LogP contribution in [0.5, 0.6) is 0 Å². The zero-order chi connectivity index (χ0) is 16.1. The Morgan fingerprint density at radius 2 is 1.61 bits per heavy atom. The number of hydrogen-bond donors (Lipinski definition) is 0. The van der Waals surface area contributed by atoms with Crippen molar-refractivity contribution < 1.29 is 9.59 Å². The van der Waals surface area contributed by atoms with E-state index in [0.717, 1.165) is 17.0 Å². The molecule has 1 aromatic carbocycles. The molecule has 0 aromatic heterocycles. The summed E-state index contributed by atoms with van der Waals surface area (Å²) in [5.74, 6) is 0.304. The minimum atomic E-state index is -0.182. The average Bonchev–Trinajstić information content (AvgIpc) is 3.21. The first-order chi connectivity index (χ1) is 11.1. The number of fused-ring (bicyclic) bond motifs is 5. The van der Waals surface area contributed by atoms with Gasteiger partial charge in [-0.3, -0.25) is 9.59 Å². The number of carbonyl (C=O) groups is 2. The number of hydrazone groups is 1. The maximum atomic E-state index is 12.5. The highest BCUT2D eigenvalue weighted by Gasteiger charge is 2.59. The highest BCUT2D eigenvalue weighted by Crippen LogP contribution is 2.52. The molecule has 2 amide bonds. The van der Waals surface area contributed by atoms with Crippen LogP contribution < -0.4 is 0 Å². The molecule has 23 heavy (non-hydrogen) atoms. The van der Waals surface area contributed by atoms with Gasteiger partial charge in [0.1, 0.15) is 0 Å². The van der Waals surface area contributed by atoms with Crippen LogP contribution in [0.15, 0.2) is 41.5 Å². The zero-order valence-electron chi connectivity index (χ0n) is 13.3. The molecule has 2 aliphatic carbocycles. The molecule has 1 saturated heterocycles. The number of rotatable bonds is 3. The molecular weight excluding hydrogens is 288 g/mol. The van der Waals surface area contributed by atoms with Gasteiger partial charge >= 0.3 is 0 Å². The third-order valence-electron chi connectivity index (χ3n) is 5.37. The van der Waals surface area contributed by atoms with Crippen molar-refractivity contribution in [3.63, 3.8) is 0 Å². The third kappa shape index (κ3) is 2.16. The summed E-state index contributed by atoms with van der Waals surface area (Å²) in [5, 5.41) is 5.29. The predicted octanol–water partition coefficient (Wildman–Crippen LogP) is 2.95. The number of benzene rings is 1. The summed E-state index contributed by atoms with van der Waals surface area (Å²) in [6.07, 6.45) is 6.74. The smallest absolute Gasteiger partial charge is 0.254 e. The van der Waals surface area contributed by atoms with E-state index in [0.29, 0.717) is 5.92 Å². The largest absolute Gasteiger partial charge is 0.272 e. The molecule has 1 aliphatic heterocycles. The van der Waals surface area contributed by atoms with Crippen molar-refractivity contribution in [3.05, 3.63) is 47.5 Å². The first kappa shape index (κ1) is 14.4. The number of carbonyl (C=O) groups excluding carboxylic acids is 2. The molecule has 0 spiro atoms. The van der Waals surface area contributed by atoms with Crippen molar-refractivity contribution in [1.82, 2.24) is 5.01 Å². The van der Waals surface area contributed by atoms with Crippen molar-refractivity contribution in [2.75, 3.05) is 0 Å². The molecule has 2 fully saturated rings. The second-order valence-corrected chi connectivity index (χ2v) is 7.05. The summed E-state index contributed by atoms with van der Waals surface area (Å²) in [6, 6.07) is 8.04. The van der Waals surface area contributed by atoms with E-state index in [-0.39, 0.29) is 35.5 Å². The van der Waals surface area contributed by atoms with E-state index in [9.17, 15) is 9.59 Å². The van der Waals surface area contributed by atoms with E-state index in [1.807, 2.05) is 12.1 Å². The lowest BCUT2D eigenvalue weighted by Gasteiger charge is -2.13. The second kappa shape index (κ2) is 5.15. The lowest BCUT2D eigenvalue weighted by Crippen LogP contribution is -2.28. The SMILES string of the molecule is CC(C)c1ccc(C=NN2C(=O)[C@@H]3[C@H](C2=O)[C@H]2C=C[C@H]3C2)cc1. The Hall–Kier alpha value is -2.23. The highest BCUT2D eigenvalue weighted by molar-refractivity contribution is 6.06. The van der Waals surface area contributed by atoms with E-state index < -0.39 is 0 Å². The molecule has 1 saturated carbocycles. The van der Waals surface area contributed by atoms with Crippen LogP contribution in [0.3, 0.4) is 0 Å². The first-order valence-corrected chi connectivity index (χ1v) is 8.26. The highest BCUT2D eigenvalue weighted by atomic mass is 16.2. The summed E-state index contributed by atoms with van der Waals surface area (Å²) in [5.41, 5.74) is 2.15. The average molecular weight is 308 g/mol. The molecule has 4 atom stereocenters. The van der Waals surface area contributed by atoms with Gasteiger partial charge < -0.3 is 0 Å². The molecule has 4 nitrogen and oxygen atoms in total. The van der Waals surface area contributed by atoms with Crippen molar-refractivity contribution in [2.24, 2.45) is 28.8 Å². The van der Waals surface area contributed by atoms with Crippen LogP contribution in [-0.2, 0) is 9.59 Å². The van der Waals surface area contributed by atoms with Crippen LogP contribution in [0.4, 0.5) is 0 Å². The number of allylic oxidation sites excluding steroid dienone is 2. The second-order valence-electron chi connectivity index (χ2n) is 7.05. The van der Waals surface area contributed by atoms with Crippen LogP contribution in [0, 0.1) is 23.7 Å². The van der Waals surface area contributed by atoms with Gasteiger partial charge in [0.2, 0.25) is 0 Å². The minimum Gasteiger partial charge on any atom is -0.272 e. The van der Waals surface area contributed by atoms with Gasteiger partial charge in [-0.15, -0.1) is 0 Å². The fourth-order valence-electron chi connectivity index (χ4n) is 4.09. The van der Waals surface area contributed by atoms with Crippen LogP contribution in [0.25, 0.3) is 0 Å². The minimum absolute atomic E-state index is 0.132. The lowest BCUT2D eigenvalue weighted by atomic mass is 9.85. The fourth-order valence-corrected chi connectivity index (χ4v) is 4.09. The standard InChI is InChI=1S/C19H20N2O2/c1-11(2)13-5-3-12(4-6-13)10-20-21-18(22)16-14-7-8-15(9-14)17(16)19(21)23/h3-8,10-11,14-17H,9H2,1-2H3/t14-,15-,16-,17+/m0/s1. The number of amides is 2. The first-order valence-electron chi connectivity index (χ1n) is 8.26. The Bertz CT molecular complexity index is 687. The molecule has 0 N–H and O–H groups in total. The van der Waals surface area contributed by atoms with Crippen molar-refractivity contribution in [2.45, 2.75) is 26.2 Å². The molecule has 4 rings (SSSR count). The van der Waals surface area contributed by atoms with Crippen LogP contribution in [0.2, 0.25) is 0 Å².